The van der Waals surface area contributed by atoms with E-state index in [9.17, 15) is 0 Å². The first-order valence-electron chi connectivity index (χ1n) is 8.54. The molecule has 1 heteroatoms. The fourth-order valence-corrected chi connectivity index (χ4v) is 3.02. The van der Waals surface area contributed by atoms with Gasteiger partial charge in [0.1, 0.15) is 11.4 Å². The van der Waals surface area contributed by atoms with Crippen LogP contribution in [0.1, 0.15) is 65.4 Å². The lowest BCUT2D eigenvalue weighted by molar-refractivity contribution is 0.0572. The van der Waals surface area contributed by atoms with Crippen LogP contribution in [0.3, 0.4) is 0 Å². The van der Waals surface area contributed by atoms with E-state index in [1.165, 1.54) is 23.1 Å². The molecule has 1 heterocycles. The van der Waals surface area contributed by atoms with Crippen molar-refractivity contribution in [2.45, 2.75) is 71.8 Å². The van der Waals surface area contributed by atoms with Gasteiger partial charge in [0.25, 0.3) is 0 Å². The van der Waals surface area contributed by atoms with Gasteiger partial charge in [-0.25, -0.2) is 0 Å². The molecule has 1 aliphatic heterocycles. The number of hydrogen-bond donors (Lipinski definition) is 0. The molecule has 0 saturated heterocycles. The first-order chi connectivity index (χ1) is 10.5. The van der Waals surface area contributed by atoms with Crippen molar-refractivity contribution in [2.75, 3.05) is 0 Å². The van der Waals surface area contributed by atoms with Crippen LogP contribution in [0, 0.1) is 0 Å². The highest BCUT2D eigenvalue weighted by Crippen LogP contribution is 2.35. The summed E-state index contributed by atoms with van der Waals surface area (Å²) in [6.45, 7) is 8.84. The number of hydrogen-bond acceptors (Lipinski definition) is 1. The topological polar surface area (TPSA) is 9.23 Å². The molecule has 0 aromatic heterocycles. The molecule has 2 rings (SSSR count). The Morgan fingerprint density at radius 1 is 1.14 bits per heavy atom. The van der Waals surface area contributed by atoms with E-state index in [4.69, 9.17) is 4.74 Å². The van der Waals surface area contributed by atoms with Crippen molar-refractivity contribution >= 4 is 0 Å². The summed E-state index contributed by atoms with van der Waals surface area (Å²) in [4.78, 5) is 0. The molecule has 22 heavy (non-hydrogen) atoms. The summed E-state index contributed by atoms with van der Waals surface area (Å²) in [6, 6.07) is 8.46. The van der Waals surface area contributed by atoms with Crippen molar-refractivity contribution in [1.82, 2.24) is 0 Å². The van der Waals surface area contributed by atoms with Gasteiger partial charge in [0.15, 0.2) is 0 Å². The summed E-state index contributed by atoms with van der Waals surface area (Å²) >= 11 is 0. The number of para-hydroxylation sites is 1. The molecule has 1 atom stereocenters. The third kappa shape index (κ3) is 5.05. The van der Waals surface area contributed by atoms with Gasteiger partial charge in [0, 0.05) is 0 Å². The Morgan fingerprint density at radius 2 is 1.91 bits per heavy atom. The summed E-state index contributed by atoms with van der Waals surface area (Å²) in [5.74, 6) is 1.08. The van der Waals surface area contributed by atoms with Gasteiger partial charge in [-0.05, 0) is 77.8 Å². The summed E-state index contributed by atoms with van der Waals surface area (Å²) in [6.07, 6.45) is 11.5. The standard InChI is InChI=1S/C21H30O/c1-17(2)9-7-10-18(3)11-8-15-21(4)16-14-19-12-5-6-13-20(19)22-21/h5-6,9,11-13H,7-8,10,14-16H2,1-4H3/b18-11+. The lowest BCUT2D eigenvalue weighted by atomic mass is 9.88. The predicted molar refractivity (Wildman–Crippen MR) is 95.5 cm³/mol. The molecule has 120 valence electrons. The van der Waals surface area contributed by atoms with Crippen LogP contribution in [-0.4, -0.2) is 5.60 Å². The SMILES string of the molecule is CC(C)=CCC/C(C)=C/CCC1(C)CCc2ccccc2O1. The predicted octanol–water partition coefficient (Wildman–Crippen LogP) is 6.24. The van der Waals surface area contributed by atoms with E-state index in [2.05, 4.69) is 64.1 Å². The molecular weight excluding hydrogens is 268 g/mol. The van der Waals surface area contributed by atoms with Crippen LogP contribution in [0.25, 0.3) is 0 Å². The maximum atomic E-state index is 6.28. The highest BCUT2D eigenvalue weighted by Gasteiger charge is 2.30. The van der Waals surface area contributed by atoms with Gasteiger partial charge in [-0.1, -0.05) is 41.5 Å². The number of ether oxygens (including phenoxy) is 1. The largest absolute Gasteiger partial charge is 0.487 e. The fraction of sp³-hybridized carbons (Fsp3) is 0.524. The van der Waals surface area contributed by atoms with Gasteiger partial charge in [0.2, 0.25) is 0 Å². The van der Waals surface area contributed by atoms with Crippen molar-refractivity contribution in [2.24, 2.45) is 0 Å². The van der Waals surface area contributed by atoms with Crippen LogP contribution < -0.4 is 4.74 Å². The Bertz CT molecular complexity index is 549. The van der Waals surface area contributed by atoms with Crippen molar-refractivity contribution in [3.63, 3.8) is 0 Å². The van der Waals surface area contributed by atoms with Gasteiger partial charge < -0.3 is 4.74 Å². The van der Waals surface area contributed by atoms with E-state index in [0.29, 0.717) is 0 Å². The number of rotatable bonds is 6. The van der Waals surface area contributed by atoms with Crippen LogP contribution in [0.5, 0.6) is 5.75 Å². The summed E-state index contributed by atoms with van der Waals surface area (Å²) < 4.78 is 6.28. The van der Waals surface area contributed by atoms with Crippen LogP contribution in [0.15, 0.2) is 47.6 Å². The highest BCUT2D eigenvalue weighted by molar-refractivity contribution is 5.35. The van der Waals surface area contributed by atoms with E-state index >= 15 is 0 Å². The summed E-state index contributed by atoms with van der Waals surface area (Å²) in [7, 11) is 0. The minimum atomic E-state index is -0.00889. The molecule has 0 radical (unpaired) electrons. The zero-order chi connectivity index (χ0) is 16.0. The van der Waals surface area contributed by atoms with Crippen molar-refractivity contribution < 1.29 is 4.74 Å². The minimum absolute atomic E-state index is 0.00889. The molecule has 1 aromatic rings. The lowest BCUT2D eigenvalue weighted by Gasteiger charge is -2.35. The number of aryl methyl sites for hydroxylation is 1. The minimum Gasteiger partial charge on any atom is -0.487 e. The normalized spacial score (nSPS) is 21.0. The van der Waals surface area contributed by atoms with Crippen molar-refractivity contribution in [3.8, 4) is 5.75 Å². The highest BCUT2D eigenvalue weighted by atomic mass is 16.5. The number of fused-ring (bicyclic) bond motifs is 1. The maximum Gasteiger partial charge on any atom is 0.123 e. The molecule has 0 spiro atoms. The van der Waals surface area contributed by atoms with E-state index in [-0.39, 0.29) is 5.60 Å². The summed E-state index contributed by atoms with van der Waals surface area (Å²) in [5.41, 5.74) is 4.26. The van der Waals surface area contributed by atoms with Gasteiger partial charge >= 0.3 is 0 Å². The van der Waals surface area contributed by atoms with Crippen molar-refractivity contribution in [1.29, 1.82) is 0 Å². The number of benzene rings is 1. The first kappa shape index (κ1) is 16.9. The molecule has 0 aliphatic carbocycles. The van der Waals surface area contributed by atoms with Crippen LogP contribution >= 0.6 is 0 Å². The second-order valence-electron chi connectivity index (χ2n) is 7.07. The molecule has 1 aliphatic rings. The van der Waals surface area contributed by atoms with Gasteiger partial charge in [0.05, 0.1) is 0 Å². The zero-order valence-electron chi connectivity index (χ0n) is 14.6. The molecule has 1 nitrogen and oxygen atoms in total. The Morgan fingerprint density at radius 3 is 2.68 bits per heavy atom. The van der Waals surface area contributed by atoms with E-state index in [1.54, 1.807) is 0 Å². The molecule has 0 bridgehead atoms. The first-order valence-corrected chi connectivity index (χ1v) is 8.54. The van der Waals surface area contributed by atoms with Gasteiger partial charge in [-0.15, -0.1) is 0 Å². The van der Waals surface area contributed by atoms with Crippen molar-refractivity contribution in [3.05, 3.63) is 53.1 Å². The lowest BCUT2D eigenvalue weighted by Crippen LogP contribution is -2.36. The van der Waals surface area contributed by atoms with E-state index < -0.39 is 0 Å². The Kier molecular flexibility index (Phi) is 5.88. The summed E-state index contributed by atoms with van der Waals surface area (Å²) in [5, 5.41) is 0. The number of allylic oxidation sites excluding steroid dienone is 4. The second kappa shape index (κ2) is 7.67. The van der Waals surface area contributed by atoms with Crippen LogP contribution in [0.4, 0.5) is 0 Å². The van der Waals surface area contributed by atoms with Gasteiger partial charge in [-0.2, -0.15) is 0 Å². The van der Waals surface area contributed by atoms with Crippen LogP contribution in [-0.2, 0) is 6.42 Å². The molecule has 0 saturated carbocycles. The van der Waals surface area contributed by atoms with Gasteiger partial charge in [-0.3, -0.25) is 0 Å². The monoisotopic (exact) mass is 298 g/mol. The Labute approximate surface area is 136 Å². The Balaban J connectivity index is 1.83. The molecular formula is C21H30O. The third-order valence-corrected chi connectivity index (χ3v) is 4.51. The quantitative estimate of drug-likeness (QED) is 0.564. The molecule has 0 fully saturated rings. The molecule has 1 aromatic carbocycles. The smallest absolute Gasteiger partial charge is 0.123 e. The second-order valence-corrected chi connectivity index (χ2v) is 7.07. The zero-order valence-corrected chi connectivity index (χ0v) is 14.6. The Hall–Kier alpha value is -1.50. The third-order valence-electron chi connectivity index (χ3n) is 4.51. The van der Waals surface area contributed by atoms with E-state index in [0.717, 1.165) is 37.9 Å². The van der Waals surface area contributed by atoms with E-state index in [1.807, 2.05) is 0 Å². The fourth-order valence-electron chi connectivity index (χ4n) is 3.02. The average Bonchev–Trinajstić information content (AvgIpc) is 2.46. The molecule has 0 N–H and O–H groups in total. The molecule has 0 amide bonds. The molecule has 1 unspecified atom stereocenters. The average molecular weight is 298 g/mol. The maximum absolute atomic E-state index is 6.28. The van der Waals surface area contributed by atoms with Crippen LogP contribution in [0.2, 0.25) is 0 Å².